The normalized spacial score (nSPS) is 16.6. The van der Waals surface area contributed by atoms with E-state index in [1.807, 2.05) is 16.3 Å². The molecule has 0 saturated heterocycles. The minimum absolute atomic E-state index is 0.104. The minimum Gasteiger partial charge on any atom is -0.494 e. The Hall–Kier alpha value is -2.18. The highest BCUT2D eigenvalue weighted by atomic mass is 32.1. The fourth-order valence-electron chi connectivity index (χ4n) is 3.25. The van der Waals surface area contributed by atoms with Crippen molar-refractivity contribution in [3.63, 3.8) is 0 Å². The van der Waals surface area contributed by atoms with Gasteiger partial charge in [0.05, 0.1) is 13.2 Å². The molecule has 3 nitrogen and oxygen atoms in total. The number of halogens is 1. The molecule has 0 spiro atoms. The molecular formula is C19H16FNO2S2. The number of rotatable bonds is 3. The summed E-state index contributed by atoms with van der Waals surface area (Å²) in [5, 5.41) is 4.10. The van der Waals surface area contributed by atoms with Crippen molar-refractivity contribution in [2.75, 3.05) is 13.7 Å². The zero-order valence-corrected chi connectivity index (χ0v) is 15.2. The van der Waals surface area contributed by atoms with Crippen LogP contribution in [0.15, 0.2) is 47.2 Å². The van der Waals surface area contributed by atoms with Crippen LogP contribution >= 0.6 is 22.7 Å². The van der Waals surface area contributed by atoms with Gasteiger partial charge in [0.25, 0.3) is 5.91 Å². The molecule has 0 bridgehead atoms. The molecule has 128 valence electrons. The molecule has 0 N–H and O–H groups in total. The van der Waals surface area contributed by atoms with Gasteiger partial charge < -0.3 is 9.64 Å². The second-order valence-electron chi connectivity index (χ2n) is 5.81. The lowest BCUT2D eigenvalue weighted by atomic mass is 9.97. The van der Waals surface area contributed by atoms with E-state index in [1.54, 1.807) is 28.7 Å². The van der Waals surface area contributed by atoms with Gasteiger partial charge in [0.1, 0.15) is 0 Å². The Morgan fingerprint density at radius 1 is 1.24 bits per heavy atom. The van der Waals surface area contributed by atoms with E-state index >= 15 is 0 Å². The van der Waals surface area contributed by atoms with Crippen molar-refractivity contribution in [3.8, 4) is 5.75 Å². The fourth-order valence-corrected chi connectivity index (χ4v) is 5.01. The number of methoxy groups -OCH3 is 1. The molecule has 4 rings (SSSR count). The topological polar surface area (TPSA) is 29.5 Å². The summed E-state index contributed by atoms with van der Waals surface area (Å²) in [5.41, 5.74) is 1.53. The lowest BCUT2D eigenvalue weighted by Gasteiger charge is -2.35. The van der Waals surface area contributed by atoms with Gasteiger partial charge in [-0.2, -0.15) is 0 Å². The number of hydrogen-bond donors (Lipinski definition) is 0. The fraction of sp³-hybridized carbons (Fsp3) is 0.211. The third kappa shape index (κ3) is 2.85. The Balaban J connectivity index is 1.73. The van der Waals surface area contributed by atoms with Crippen LogP contribution in [0.5, 0.6) is 5.75 Å². The number of fused-ring (bicyclic) bond motifs is 1. The third-order valence-electron chi connectivity index (χ3n) is 4.44. The second kappa shape index (κ2) is 6.61. The van der Waals surface area contributed by atoms with E-state index in [1.165, 1.54) is 29.7 Å². The number of amides is 1. The van der Waals surface area contributed by atoms with Crippen molar-refractivity contribution in [3.05, 3.63) is 73.9 Å². The van der Waals surface area contributed by atoms with Crippen LogP contribution < -0.4 is 4.74 Å². The van der Waals surface area contributed by atoms with Gasteiger partial charge in [-0.05, 0) is 53.1 Å². The van der Waals surface area contributed by atoms with Crippen molar-refractivity contribution < 1.29 is 13.9 Å². The summed E-state index contributed by atoms with van der Waals surface area (Å²) in [7, 11) is 1.41. The number of nitrogens with zero attached hydrogens (tertiary/aromatic N) is 1. The number of benzene rings is 1. The van der Waals surface area contributed by atoms with Crippen LogP contribution in [0, 0.1) is 5.82 Å². The van der Waals surface area contributed by atoms with Gasteiger partial charge in [-0.1, -0.05) is 6.07 Å². The first-order chi connectivity index (χ1) is 12.2. The van der Waals surface area contributed by atoms with E-state index in [0.717, 1.165) is 11.3 Å². The highest BCUT2D eigenvalue weighted by molar-refractivity contribution is 7.10. The number of thiophene rings is 2. The van der Waals surface area contributed by atoms with Crippen LogP contribution in [0.3, 0.4) is 0 Å². The van der Waals surface area contributed by atoms with E-state index in [2.05, 4.69) is 17.5 Å². The first-order valence-corrected chi connectivity index (χ1v) is 9.69. The van der Waals surface area contributed by atoms with Crippen LogP contribution in [0.1, 0.15) is 31.7 Å². The SMILES string of the molecule is COc1ccc(C(=O)N2CCc3sccc3[C@@H]2c2cccs2)cc1F. The monoisotopic (exact) mass is 373 g/mol. The Labute approximate surface area is 153 Å². The molecule has 0 radical (unpaired) electrons. The van der Waals surface area contributed by atoms with Crippen molar-refractivity contribution in [1.82, 2.24) is 4.90 Å². The van der Waals surface area contributed by atoms with Gasteiger partial charge in [-0.25, -0.2) is 4.39 Å². The van der Waals surface area contributed by atoms with E-state index < -0.39 is 5.82 Å². The van der Waals surface area contributed by atoms with Crippen LogP contribution in [0.25, 0.3) is 0 Å². The van der Waals surface area contributed by atoms with Gasteiger partial charge >= 0.3 is 0 Å². The van der Waals surface area contributed by atoms with Crippen LogP contribution in [-0.2, 0) is 6.42 Å². The molecular weight excluding hydrogens is 357 g/mol. The van der Waals surface area contributed by atoms with Gasteiger partial charge in [-0.3, -0.25) is 4.79 Å². The van der Waals surface area contributed by atoms with E-state index in [9.17, 15) is 9.18 Å². The van der Waals surface area contributed by atoms with Gasteiger partial charge in [-0.15, -0.1) is 22.7 Å². The summed E-state index contributed by atoms with van der Waals surface area (Å²) >= 11 is 3.37. The minimum atomic E-state index is -0.519. The molecule has 0 saturated carbocycles. The molecule has 1 aliphatic rings. The molecule has 0 unspecified atom stereocenters. The lowest BCUT2D eigenvalue weighted by molar-refractivity contribution is 0.0698. The maximum Gasteiger partial charge on any atom is 0.254 e. The van der Waals surface area contributed by atoms with Crippen LogP contribution in [-0.4, -0.2) is 24.5 Å². The molecule has 6 heteroatoms. The molecule has 3 aromatic rings. The molecule has 0 aliphatic carbocycles. The van der Waals surface area contributed by atoms with E-state index in [4.69, 9.17) is 4.74 Å². The summed E-state index contributed by atoms with van der Waals surface area (Å²) in [4.78, 5) is 17.4. The standard InChI is InChI=1S/C19H16FNO2S2/c1-23-15-5-4-12(11-14(15)20)19(22)21-8-6-16-13(7-10-25-16)18(21)17-3-2-9-24-17/h2-5,7,9-11,18H,6,8H2,1H3/t18-/m1/s1. The predicted molar refractivity (Wildman–Crippen MR) is 98.2 cm³/mol. The average Bonchev–Trinajstić information content (AvgIpc) is 3.31. The van der Waals surface area contributed by atoms with Gasteiger partial charge in [0, 0.05) is 21.9 Å². The number of hydrogen-bond acceptors (Lipinski definition) is 4. The molecule has 1 aromatic carbocycles. The molecule has 3 heterocycles. The molecule has 1 atom stereocenters. The highest BCUT2D eigenvalue weighted by Crippen LogP contribution is 2.40. The number of ether oxygens (including phenoxy) is 1. The Bertz CT molecular complexity index is 904. The first-order valence-electron chi connectivity index (χ1n) is 7.93. The predicted octanol–water partition coefficient (Wildman–Crippen LogP) is 4.75. The smallest absolute Gasteiger partial charge is 0.254 e. The van der Waals surface area contributed by atoms with Crippen LogP contribution in [0.2, 0.25) is 0 Å². The van der Waals surface area contributed by atoms with E-state index in [0.29, 0.717) is 12.1 Å². The quantitative estimate of drug-likeness (QED) is 0.663. The second-order valence-corrected chi connectivity index (χ2v) is 7.79. The third-order valence-corrected chi connectivity index (χ3v) is 6.36. The lowest BCUT2D eigenvalue weighted by Crippen LogP contribution is -2.39. The maximum absolute atomic E-state index is 14.0. The molecule has 0 fully saturated rings. The highest BCUT2D eigenvalue weighted by Gasteiger charge is 2.34. The maximum atomic E-state index is 14.0. The first kappa shape index (κ1) is 16.3. The molecule has 1 amide bonds. The Morgan fingerprint density at radius 3 is 2.84 bits per heavy atom. The summed E-state index contributed by atoms with van der Waals surface area (Å²) in [6.07, 6.45) is 0.833. The largest absolute Gasteiger partial charge is 0.494 e. The zero-order chi connectivity index (χ0) is 17.4. The number of carbonyl (C=O) groups excluding carboxylic acids is 1. The van der Waals surface area contributed by atoms with Crippen molar-refractivity contribution in [2.45, 2.75) is 12.5 Å². The van der Waals surface area contributed by atoms with Crippen molar-refractivity contribution in [2.24, 2.45) is 0 Å². The van der Waals surface area contributed by atoms with Gasteiger partial charge in [0.15, 0.2) is 11.6 Å². The average molecular weight is 373 g/mol. The van der Waals surface area contributed by atoms with Gasteiger partial charge in [0.2, 0.25) is 0 Å². The molecule has 1 aliphatic heterocycles. The van der Waals surface area contributed by atoms with Crippen molar-refractivity contribution in [1.29, 1.82) is 0 Å². The summed E-state index contributed by atoms with van der Waals surface area (Å²) in [6, 6.07) is 10.4. The summed E-state index contributed by atoms with van der Waals surface area (Å²) in [5.74, 6) is -0.531. The molecule has 25 heavy (non-hydrogen) atoms. The van der Waals surface area contributed by atoms with Crippen LogP contribution in [0.4, 0.5) is 4.39 Å². The van der Waals surface area contributed by atoms with E-state index in [-0.39, 0.29) is 17.7 Å². The summed E-state index contributed by atoms with van der Waals surface area (Å²) < 4.78 is 19.0. The number of carbonyl (C=O) groups is 1. The Morgan fingerprint density at radius 2 is 2.12 bits per heavy atom. The van der Waals surface area contributed by atoms with Crippen molar-refractivity contribution >= 4 is 28.6 Å². The molecule has 2 aromatic heterocycles. The Kier molecular flexibility index (Phi) is 4.31. The zero-order valence-electron chi connectivity index (χ0n) is 13.6. The summed E-state index contributed by atoms with van der Waals surface area (Å²) in [6.45, 7) is 0.628.